The van der Waals surface area contributed by atoms with Gasteiger partial charge >= 0.3 is 6.18 Å². The van der Waals surface area contributed by atoms with E-state index in [1.807, 2.05) is 17.9 Å². The maximum Gasteiger partial charge on any atom is 0.433 e. The summed E-state index contributed by atoms with van der Waals surface area (Å²) < 4.78 is 47.4. The van der Waals surface area contributed by atoms with Crippen molar-refractivity contribution in [2.75, 3.05) is 43.0 Å². The van der Waals surface area contributed by atoms with Crippen LogP contribution in [-0.2, 0) is 28.7 Å². The third-order valence-electron chi connectivity index (χ3n) is 6.46. The molecular weight excluding hydrogens is 541 g/mol. The summed E-state index contributed by atoms with van der Waals surface area (Å²) in [5.74, 6) is 0.246. The first-order chi connectivity index (χ1) is 18.7. The molecule has 1 saturated heterocycles. The molecular formula is C24H26ClF3N8O3. The number of hydrogen-bond acceptors (Lipinski definition) is 8. The summed E-state index contributed by atoms with van der Waals surface area (Å²) in [5, 5.41) is 9.72. The Morgan fingerprint density at radius 1 is 1.23 bits per heavy atom. The molecule has 15 heteroatoms. The van der Waals surface area contributed by atoms with Crippen LogP contribution in [0, 0.1) is 0 Å². The van der Waals surface area contributed by atoms with Crippen LogP contribution < -0.4 is 21.1 Å². The van der Waals surface area contributed by atoms with Gasteiger partial charge in [-0.25, -0.2) is 4.98 Å². The van der Waals surface area contributed by atoms with E-state index < -0.39 is 22.9 Å². The summed E-state index contributed by atoms with van der Waals surface area (Å²) in [5.41, 5.74) is -0.598. The summed E-state index contributed by atoms with van der Waals surface area (Å²) in [6, 6.07) is 1.79. The minimum Gasteiger partial charge on any atom is -0.490 e. The topological polar surface area (TPSA) is 119 Å². The van der Waals surface area contributed by atoms with Gasteiger partial charge in [0.15, 0.2) is 10.9 Å². The molecule has 0 saturated carbocycles. The van der Waals surface area contributed by atoms with Gasteiger partial charge in [-0.1, -0.05) is 18.5 Å². The van der Waals surface area contributed by atoms with E-state index in [2.05, 4.69) is 25.7 Å². The summed E-state index contributed by atoms with van der Waals surface area (Å²) in [6.07, 6.45) is -0.767. The lowest BCUT2D eigenvalue weighted by atomic mass is 10.2. The lowest BCUT2D eigenvalue weighted by Crippen LogP contribution is -2.47. The van der Waals surface area contributed by atoms with Crippen LogP contribution in [0.3, 0.4) is 0 Å². The largest absolute Gasteiger partial charge is 0.490 e. The normalized spacial score (nSPS) is 16.2. The van der Waals surface area contributed by atoms with E-state index in [4.69, 9.17) is 16.3 Å². The van der Waals surface area contributed by atoms with E-state index in [9.17, 15) is 22.8 Å². The maximum absolute atomic E-state index is 13.7. The number of nitrogens with zero attached hydrogens (tertiary/aromatic N) is 6. The number of carbonyl (C=O) groups excluding carboxylic acids is 1. The second-order valence-corrected chi connectivity index (χ2v) is 9.42. The summed E-state index contributed by atoms with van der Waals surface area (Å²) in [4.78, 5) is 36.7. The Morgan fingerprint density at radius 2 is 2.00 bits per heavy atom. The molecule has 5 heterocycles. The van der Waals surface area contributed by atoms with Gasteiger partial charge in [-0.2, -0.15) is 22.7 Å². The maximum atomic E-state index is 13.7. The van der Waals surface area contributed by atoms with Crippen LogP contribution >= 0.6 is 11.6 Å². The van der Waals surface area contributed by atoms with E-state index in [1.54, 1.807) is 4.57 Å². The van der Waals surface area contributed by atoms with Gasteiger partial charge in [0.1, 0.15) is 17.9 Å². The Kier molecular flexibility index (Phi) is 7.49. The van der Waals surface area contributed by atoms with Crippen molar-refractivity contribution in [1.29, 1.82) is 0 Å². The van der Waals surface area contributed by atoms with Crippen LogP contribution in [0.4, 0.5) is 24.5 Å². The predicted octanol–water partition coefficient (Wildman–Crippen LogP) is 2.72. The number of nitrogens with one attached hydrogen (secondary N) is 2. The molecule has 3 aromatic heterocycles. The SMILES string of the molecule is CCc1c(N2CCNCC2)c(=O)n2nc(C3=CCCCO3)nc2n1CC(=O)Nc1ccc(C(F)(F)F)nc1Cl. The number of piperazine rings is 1. The lowest BCUT2D eigenvalue weighted by Gasteiger charge is -2.31. The van der Waals surface area contributed by atoms with Crippen molar-refractivity contribution >= 4 is 40.4 Å². The highest BCUT2D eigenvalue weighted by Crippen LogP contribution is 2.31. The van der Waals surface area contributed by atoms with Gasteiger partial charge in [0.05, 0.1) is 18.0 Å². The Balaban J connectivity index is 1.56. The molecule has 0 aromatic carbocycles. The van der Waals surface area contributed by atoms with Crippen LogP contribution in [0.5, 0.6) is 0 Å². The predicted molar refractivity (Wildman–Crippen MR) is 138 cm³/mol. The van der Waals surface area contributed by atoms with E-state index in [1.165, 1.54) is 4.52 Å². The van der Waals surface area contributed by atoms with Gasteiger partial charge in [0.2, 0.25) is 17.5 Å². The second-order valence-electron chi connectivity index (χ2n) is 9.06. The molecule has 0 spiro atoms. The Morgan fingerprint density at radius 3 is 2.64 bits per heavy atom. The van der Waals surface area contributed by atoms with Crippen LogP contribution in [0.15, 0.2) is 23.0 Å². The van der Waals surface area contributed by atoms with Crippen LogP contribution in [0.25, 0.3) is 11.5 Å². The highest BCUT2D eigenvalue weighted by atomic mass is 35.5. The number of alkyl halides is 3. The van der Waals surface area contributed by atoms with E-state index in [-0.39, 0.29) is 29.4 Å². The van der Waals surface area contributed by atoms with Crippen molar-refractivity contribution in [3.8, 4) is 0 Å². The minimum atomic E-state index is -4.67. The number of rotatable bonds is 6. The van der Waals surface area contributed by atoms with E-state index >= 15 is 0 Å². The number of halogens is 4. The van der Waals surface area contributed by atoms with Crippen molar-refractivity contribution in [2.24, 2.45) is 0 Å². The Labute approximate surface area is 225 Å². The molecule has 0 atom stereocenters. The number of anilines is 2. The molecule has 0 radical (unpaired) electrons. The number of amides is 1. The van der Waals surface area contributed by atoms with Gasteiger partial charge in [-0.05, 0) is 37.5 Å². The van der Waals surface area contributed by atoms with Gasteiger partial charge in [-0.15, -0.1) is 5.10 Å². The fourth-order valence-electron chi connectivity index (χ4n) is 4.65. The molecule has 11 nitrogen and oxygen atoms in total. The number of carbonyl (C=O) groups is 1. The number of ether oxygens (including phenoxy) is 1. The monoisotopic (exact) mass is 566 g/mol. The Bertz CT molecular complexity index is 1490. The van der Waals surface area contributed by atoms with Crippen molar-refractivity contribution < 1.29 is 22.7 Å². The highest BCUT2D eigenvalue weighted by molar-refractivity contribution is 6.32. The molecule has 0 unspecified atom stereocenters. The van der Waals surface area contributed by atoms with Crippen molar-refractivity contribution in [3.63, 3.8) is 0 Å². The third kappa shape index (κ3) is 5.43. The van der Waals surface area contributed by atoms with E-state index in [0.29, 0.717) is 56.3 Å². The second kappa shape index (κ2) is 10.8. The van der Waals surface area contributed by atoms with Crippen molar-refractivity contribution in [1.82, 2.24) is 29.5 Å². The molecule has 3 aromatic rings. The number of fused-ring (bicyclic) bond motifs is 1. The minimum absolute atomic E-state index is 0.0741. The quantitative estimate of drug-likeness (QED) is 0.437. The fraction of sp³-hybridized carbons (Fsp3) is 0.458. The van der Waals surface area contributed by atoms with Gasteiger partial charge in [0.25, 0.3) is 5.56 Å². The zero-order valence-corrected chi connectivity index (χ0v) is 21.8. The molecule has 1 fully saturated rings. The first-order valence-electron chi connectivity index (χ1n) is 12.5. The molecule has 0 bridgehead atoms. The average molecular weight is 567 g/mol. The summed E-state index contributed by atoms with van der Waals surface area (Å²) in [7, 11) is 0. The number of allylic oxidation sites excluding steroid dienone is 1. The molecule has 2 aliphatic heterocycles. The molecule has 2 aliphatic rings. The lowest BCUT2D eigenvalue weighted by molar-refractivity contribution is -0.141. The van der Waals surface area contributed by atoms with Crippen molar-refractivity contribution in [3.05, 3.63) is 50.9 Å². The number of pyridine rings is 1. The number of aromatic nitrogens is 5. The zero-order chi connectivity index (χ0) is 27.7. The first kappa shape index (κ1) is 26.9. The molecule has 1 amide bonds. The van der Waals surface area contributed by atoms with Gasteiger partial charge < -0.3 is 24.8 Å². The molecule has 5 rings (SSSR count). The van der Waals surface area contributed by atoms with Gasteiger partial charge in [-0.3, -0.25) is 9.59 Å². The van der Waals surface area contributed by atoms with Crippen molar-refractivity contribution in [2.45, 2.75) is 38.9 Å². The molecule has 208 valence electrons. The summed E-state index contributed by atoms with van der Waals surface area (Å²) >= 11 is 5.94. The fourth-order valence-corrected chi connectivity index (χ4v) is 4.86. The van der Waals surface area contributed by atoms with Gasteiger partial charge in [0, 0.05) is 26.2 Å². The molecule has 39 heavy (non-hydrogen) atoms. The third-order valence-corrected chi connectivity index (χ3v) is 6.75. The van der Waals surface area contributed by atoms with E-state index in [0.717, 1.165) is 25.0 Å². The van der Waals surface area contributed by atoms with Crippen LogP contribution in [0.1, 0.15) is 37.0 Å². The summed E-state index contributed by atoms with van der Waals surface area (Å²) in [6.45, 7) is 4.61. The molecule has 2 N–H and O–H groups in total. The average Bonchev–Trinajstić information content (AvgIpc) is 3.38. The first-order valence-corrected chi connectivity index (χ1v) is 12.9. The highest BCUT2D eigenvalue weighted by Gasteiger charge is 2.33. The zero-order valence-electron chi connectivity index (χ0n) is 21.0. The smallest absolute Gasteiger partial charge is 0.433 e. The number of hydrogen-bond donors (Lipinski definition) is 2. The molecule has 0 aliphatic carbocycles. The van der Waals surface area contributed by atoms with Crippen LogP contribution in [-0.4, -0.2) is 62.8 Å². The standard InChI is InChI=1S/C24H26ClF3N8O3/c1-2-15-19(34-10-8-29-9-11-34)22(38)36-23(32-21(33-36)16-5-3-4-12-39-16)35(15)13-18(37)30-14-6-7-17(24(26,27)28)31-20(14)25/h5-7,29H,2-4,8-13H2,1H3,(H,30,37). The Hall–Kier alpha value is -3.65. The van der Waals surface area contributed by atoms with Crippen LogP contribution in [0.2, 0.25) is 5.15 Å².